The lowest BCUT2D eigenvalue weighted by molar-refractivity contribution is 0.0601. The molecule has 0 amide bonds. The van der Waals surface area contributed by atoms with Crippen molar-refractivity contribution < 1.29 is 5.21 Å². The predicted molar refractivity (Wildman–Crippen MR) is 70.1 cm³/mol. The van der Waals surface area contributed by atoms with Crippen molar-refractivity contribution in [3.05, 3.63) is 0 Å². The van der Waals surface area contributed by atoms with E-state index in [1.165, 1.54) is 38.5 Å². The normalized spacial score (nSPS) is 39.5. The van der Waals surface area contributed by atoms with Crippen LogP contribution in [-0.4, -0.2) is 35.3 Å². The van der Waals surface area contributed by atoms with Crippen LogP contribution < -0.4 is 5.48 Å². The van der Waals surface area contributed by atoms with Gasteiger partial charge in [-0.3, -0.25) is 0 Å². The van der Waals surface area contributed by atoms with Crippen LogP contribution in [0, 0.1) is 5.92 Å². The highest BCUT2D eigenvalue weighted by Gasteiger charge is 2.29. The van der Waals surface area contributed by atoms with Crippen LogP contribution in [0.2, 0.25) is 0 Å². The Balaban J connectivity index is 1.78. The van der Waals surface area contributed by atoms with E-state index in [1.807, 2.05) is 0 Å². The first-order valence-corrected chi connectivity index (χ1v) is 7.32. The van der Waals surface area contributed by atoms with Gasteiger partial charge in [-0.15, -0.1) is 0 Å². The summed E-state index contributed by atoms with van der Waals surface area (Å²) in [5.41, 5.74) is 2.43. The monoisotopic (exact) mass is 240 g/mol. The molecule has 0 unspecified atom stereocenters. The van der Waals surface area contributed by atoms with Crippen LogP contribution in [0.3, 0.4) is 0 Å². The Bertz CT molecular complexity index is 218. The molecule has 0 atom stereocenters. The quantitative estimate of drug-likeness (QED) is 0.745. The molecule has 0 bridgehead atoms. The number of rotatable bonds is 3. The first kappa shape index (κ1) is 13.3. The van der Waals surface area contributed by atoms with E-state index in [1.54, 1.807) is 0 Å². The van der Waals surface area contributed by atoms with E-state index in [4.69, 9.17) is 5.21 Å². The molecular weight excluding hydrogens is 212 g/mol. The van der Waals surface area contributed by atoms with Crippen molar-refractivity contribution in [1.29, 1.82) is 0 Å². The molecule has 2 saturated carbocycles. The Morgan fingerprint density at radius 3 is 1.82 bits per heavy atom. The molecule has 0 heterocycles. The van der Waals surface area contributed by atoms with Crippen LogP contribution in [-0.2, 0) is 0 Å². The van der Waals surface area contributed by atoms with Gasteiger partial charge in [0.2, 0.25) is 0 Å². The van der Waals surface area contributed by atoms with Gasteiger partial charge in [-0.2, -0.15) is 0 Å². The third-order valence-electron chi connectivity index (χ3n) is 5.02. The van der Waals surface area contributed by atoms with Crippen LogP contribution in [0.25, 0.3) is 0 Å². The highest BCUT2D eigenvalue weighted by Crippen LogP contribution is 2.31. The van der Waals surface area contributed by atoms with E-state index in [0.29, 0.717) is 6.04 Å². The average Bonchev–Trinajstić information content (AvgIpc) is 2.39. The molecule has 0 radical (unpaired) electrons. The van der Waals surface area contributed by atoms with Gasteiger partial charge in [0.25, 0.3) is 0 Å². The Hall–Kier alpha value is -0.120. The second-order valence-corrected chi connectivity index (χ2v) is 6.21. The molecule has 0 spiro atoms. The third-order valence-corrected chi connectivity index (χ3v) is 5.02. The molecule has 100 valence electrons. The minimum absolute atomic E-state index is 0.339. The fraction of sp³-hybridized carbons (Fsp3) is 1.00. The summed E-state index contributed by atoms with van der Waals surface area (Å²) in [4.78, 5) is 2.64. The minimum atomic E-state index is 0.339. The Morgan fingerprint density at radius 1 is 0.882 bits per heavy atom. The second kappa shape index (κ2) is 6.17. The average molecular weight is 240 g/mol. The van der Waals surface area contributed by atoms with Gasteiger partial charge in [0.15, 0.2) is 0 Å². The predicted octanol–water partition coefficient (Wildman–Crippen LogP) is 2.79. The van der Waals surface area contributed by atoms with Gasteiger partial charge >= 0.3 is 0 Å². The highest BCUT2D eigenvalue weighted by atomic mass is 16.5. The van der Waals surface area contributed by atoms with Crippen molar-refractivity contribution in [2.75, 3.05) is 7.05 Å². The van der Waals surface area contributed by atoms with Crippen molar-refractivity contribution >= 4 is 0 Å². The summed E-state index contributed by atoms with van der Waals surface area (Å²) in [7, 11) is 2.32. The topological polar surface area (TPSA) is 35.5 Å². The number of hydrogen-bond donors (Lipinski definition) is 2. The van der Waals surface area contributed by atoms with Crippen LogP contribution in [0.5, 0.6) is 0 Å². The molecular formula is C14H28N2O. The van der Waals surface area contributed by atoms with E-state index < -0.39 is 0 Å². The maximum Gasteiger partial charge on any atom is 0.0320 e. The second-order valence-electron chi connectivity index (χ2n) is 6.21. The molecule has 0 aromatic rings. The van der Waals surface area contributed by atoms with Crippen molar-refractivity contribution in [2.24, 2.45) is 5.92 Å². The van der Waals surface area contributed by atoms with Crippen LogP contribution >= 0.6 is 0 Å². The Kier molecular flexibility index (Phi) is 4.83. The Morgan fingerprint density at radius 2 is 1.35 bits per heavy atom. The SMILES string of the molecule is CC1CCC(N(C)C2CCC(NO)CC2)CC1. The molecule has 0 aromatic heterocycles. The number of hydroxylamine groups is 1. The molecule has 2 aliphatic carbocycles. The number of nitrogens with one attached hydrogen (secondary N) is 1. The summed E-state index contributed by atoms with van der Waals surface area (Å²) in [6.45, 7) is 2.38. The molecule has 0 aliphatic heterocycles. The molecule has 3 heteroatoms. The zero-order valence-electron chi connectivity index (χ0n) is 11.4. The molecule has 2 N–H and O–H groups in total. The van der Waals surface area contributed by atoms with E-state index in [-0.39, 0.29) is 0 Å². The lowest BCUT2D eigenvalue weighted by Gasteiger charge is -2.41. The van der Waals surface area contributed by atoms with Crippen LogP contribution in [0.15, 0.2) is 0 Å². The van der Waals surface area contributed by atoms with Gasteiger partial charge in [-0.25, -0.2) is 5.48 Å². The molecule has 3 nitrogen and oxygen atoms in total. The maximum absolute atomic E-state index is 8.93. The van der Waals surface area contributed by atoms with Crippen LogP contribution in [0.1, 0.15) is 58.3 Å². The molecule has 2 fully saturated rings. The highest BCUT2D eigenvalue weighted by molar-refractivity contribution is 4.85. The first-order chi connectivity index (χ1) is 8.20. The molecule has 2 aliphatic rings. The molecule has 0 aromatic carbocycles. The molecule has 17 heavy (non-hydrogen) atoms. The first-order valence-electron chi connectivity index (χ1n) is 7.32. The van der Waals surface area contributed by atoms with Crippen molar-refractivity contribution in [3.63, 3.8) is 0 Å². The van der Waals surface area contributed by atoms with E-state index in [2.05, 4.69) is 24.4 Å². The zero-order valence-corrected chi connectivity index (χ0v) is 11.4. The standard InChI is InChI=1S/C14H28N2O/c1-11-3-7-13(8-4-11)16(2)14-9-5-12(15-17)6-10-14/h11-15,17H,3-10H2,1-2H3. The van der Waals surface area contributed by atoms with Gasteiger partial charge in [0, 0.05) is 18.1 Å². The minimum Gasteiger partial charge on any atom is -0.317 e. The van der Waals surface area contributed by atoms with Crippen molar-refractivity contribution in [1.82, 2.24) is 10.4 Å². The van der Waals surface area contributed by atoms with E-state index >= 15 is 0 Å². The number of nitrogens with zero attached hydrogens (tertiary/aromatic N) is 1. The van der Waals surface area contributed by atoms with Gasteiger partial charge < -0.3 is 10.1 Å². The van der Waals surface area contributed by atoms with E-state index in [0.717, 1.165) is 30.8 Å². The van der Waals surface area contributed by atoms with E-state index in [9.17, 15) is 0 Å². The summed E-state index contributed by atoms with van der Waals surface area (Å²) in [6, 6.07) is 1.90. The summed E-state index contributed by atoms with van der Waals surface area (Å²) < 4.78 is 0. The van der Waals surface area contributed by atoms with Gasteiger partial charge in [-0.1, -0.05) is 6.92 Å². The zero-order chi connectivity index (χ0) is 12.3. The Labute approximate surface area is 106 Å². The largest absolute Gasteiger partial charge is 0.317 e. The lowest BCUT2D eigenvalue weighted by atomic mass is 9.84. The maximum atomic E-state index is 8.93. The van der Waals surface area contributed by atoms with Gasteiger partial charge in [-0.05, 0) is 64.3 Å². The van der Waals surface area contributed by atoms with Gasteiger partial charge in [0.05, 0.1) is 0 Å². The number of hydrogen-bond acceptors (Lipinski definition) is 3. The van der Waals surface area contributed by atoms with Gasteiger partial charge in [0.1, 0.15) is 0 Å². The van der Waals surface area contributed by atoms with Crippen molar-refractivity contribution in [2.45, 2.75) is 76.4 Å². The summed E-state index contributed by atoms with van der Waals surface area (Å²) in [6.07, 6.45) is 10.3. The summed E-state index contributed by atoms with van der Waals surface area (Å²) >= 11 is 0. The van der Waals surface area contributed by atoms with Crippen molar-refractivity contribution in [3.8, 4) is 0 Å². The lowest BCUT2D eigenvalue weighted by Crippen LogP contribution is -2.45. The smallest absolute Gasteiger partial charge is 0.0320 e. The fourth-order valence-electron chi connectivity index (χ4n) is 3.56. The molecule has 0 saturated heterocycles. The van der Waals surface area contributed by atoms with Crippen LogP contribution in [0.4, 0.5) is 0 Å². The molecule has 2 rings (SSSR count). The summed E-state index contributed by atoms with van der Waals surface area (Å²) in [5, 5.41) is 8.93. The third kappa shape index (κ3) is 3.43. The summed E-state index contributed by atoms with van der Waals surface area (Å²) in [5.74, 6) is 0.939. The fourth-order valence-corrected chi connectivity index (χ4v) is 3.56.